The van der Waals surface area contributed by atoms with Gasteiger partial charge in [0, 0.05) is 17.5 Å². The van der Waals surface area contributed by atoms with E-state index in [-0.39, 0.29) is 0 Å². The van der Waals surface area contributed by atoms with Crippen molar-refractivity contribution in [1.29, 1.82) is 0 Å². The van der Waals surface area contributed by atoms with E-state index in [2.05, 4.69) is 10.3 Å². The fraction of sp³-hybridized carbons (Fsp3) is 0.438. The summed E-state index contributed by atoms with van der Waals surface area (Å²) in [6.45, 7) is 4.00. The van der Waals surface area contributed by atoms with Gasteiger partial charge >= 0.3 is 0 Å². The van der Waals surface area contributed by atoms with Crippen molar-refractivity contribution in [2.45, 2.75) is 19.4 Å². The molecule has 3 nitrogen and oxygen atoms in total. The van der Waals surface area contributed by atoms with Crippen LogP contribution in [0.4, 0.5) is 0 Å². The van der Waals surface area contributed by atoms with Gasteiger partial charge in [-0.3, -0.25) is 4.90 Å². The zero-order chi connectivity index (χ0) is 14.7. The SMILES string of the molecule is NCC1CCN(Cc2csc(-c3ccccc3Cl)n2)CC1. The topological polar surface area (TPSA) is 42.1 Å². The predicted octanol–water partition coefficient (Wildman–Crippen LogP) is 3.63. The molecule has 3 rings (SSSR count). The number of rotatable bonds is 4. The van der Waals surface area contributed by atoms with Gasteiger partial charge in [-0.15, -0.1) is 11.3 Å². The minimum Gasteiger partial charge on any atom is -0.330 e. The average molecular weight is 322 g/mol. The lowest BCUT2D eigenvalue weighted by Crippen LogP contribution is -2.35. The number of hydrogen-bond donors (Lipinski definition) is 1. The molecular weight excluding hydrogens is 302 g/mol. The smallest absolute Gasteiger partial charge is 0.125 e. The second kappa shape index (κ2) is 6.88. The Morgan fingerprint density at radius 2 is 2.05 bits per heavy atom. The highest BCUT2D eigenvalue weighted by Crippen LogP contribution is 2.30. The molecule has 112 valence electrons. The molecule has 1 aliphatic heterocycles. The third kappa shape index (κ3) is 3.64. The van der Waals surface area contributed by atoms with Crippen molar-refractivity contribution in [3.05, 3.63) is 40.4 Å². The zero-order valence-corrected chi connectivity index (χ0v) is 13.5. The molecule has 0 unspecified atom stereocenters. The molecule has 0 radical (unpaired) electrons. The number of likely N-dealkylation sites (tertiary alicyclic amines) is 1. The van der Waals surface area contributed by atoms with Gasteiger partial charge in [0.15, 0.2) is 0 Å². The predicted molar refractivity (Wildman–Crippen MR) is 89.6 cm³/mol. The van der Waals surface area contributed by atoms with Crippen LogP contribution in [0.2, 0.25) is 5.02 Å². The monoisotopic (exact) mass is 321 g/mol. The maximum Gasteiger partial charge on any atom is 0.125 e. The van der Waals surface area contributed by atoms with Crippen molar-refractivity contribution >= 4 is 22.9 Å². The number of halogens is 1. The zero-order valence-electron chi connectivity index (χ0n) is 12.0. The minimum atomic E-state index is 0.704. The second-order valence-electron chi connectivity index (χ2n) is 5.58. The largest absolute Gasteiger partial charge is 0.330 e. The van der Waals surface area contributed by atoms with Gasteiger partial charge in [0.1, 0.15) is 5.01 Å². The standard InChI is InChI=1S/C16H20ClN3S/c17-15-4-2-1-3-14(15)16-19-13(11-21-16)10-20-7-5-12(9-18)6-8-20/h1-4,11-12H,5-10,18H2. The van der Waals surface area contributed by atoms with Gasteiger partial charge in [-0.1, -0.05) is 29.8 Å². The highest BCUT2D eigenvalue weighted by molar-refractivity contribution is 7.13. The molecule has 1 aromatic heterocycles. The second-order valence-corrected chi connectivity index (χ2v) is 6.84. The molecule has 2 N–H and O–H groups in total. The van der Waals surface area contributed by atoms with E-state index in [1.54, 1.807) is 11.3 Å². The number of aromatic nitrogens is 1. The molecule has 0 aliphatic carbocycles. The Hall–Kier alpha value is -0.940. The van der Waals surface area contributed by atoms with E-state index in [0.717, 1.165) is 47.5 Å². The van der Waals surface area contributed by atoms with Crippen molar-refractivity contribution in [3.63, 3.8) is 0 Å². The Morgan fingerprint density at radius 3 is 2.76 bits per heavy atom. The molecule has 0 atom stereocenters. The maximum atomic E-state index is 6.24. The molecular formula is C16H20ClN3S. The van der Waals surface area contributed by atoms with Gasteiger partial charge in [0.2, 0.25) is 0 Å². The molecule has 0 spiro atoms. The van der Waals surface area contributed by atoms with E-state index in [1.165, 1.54) is 12.8 Å². The van der Waals surface area contributed by atoms with Crippen LogP contribution in [0.1, 0.15) is 18.5 Å². The highest BCUT2D eigenvalue weighted by atomic mass is 35.5. The number of hydrogen-bond acceptors (Lipinski definition) is 4. The molecule has 0 saturated carbocycles. The van der Waals surface area contributed by atoms with Crippen LogP contribution in [0, 0.1) is 5.92 Å². The first kappa shape index (κ1) is 15.0. The van der Waals surface area contributed by atoms with Gasteiger partial charge in [-0.25, -0.2) is 4.98 Å². The van der Waals surface area contributed by atoms with Crippen molar-refractivity contribution in [2.24, 2.45) is 11.7 Å². The van der Waals surface area contributed by atoms with E-state index in [4.69, 9.17) is 22.3 Å². The van der Waals surface area contributed by atoms with E-state index >= 15 is 0 Å². The molecule has 1 fully saturated rings. The van der Waals surface area contributed by atoms with Crippen LogP contribution >= 0.6 is 22.9 Å². The van der Waals surface area contributed by atoms with Crippen molar-refractivity contribution in [2.75, 3.05) is 19.6 Å². The quantitative estimate of drug-likeness (QED) is 0.935. The molecule has 0 amide bonds. The molecule has 1 aromatic carbocycles. The first-order chi connectivity index (χ1) is 10.3. The summed E-state index contributed by atoms with van der Waals surface area (Å²) in [6.07, 6.45) is 2.41. The normalized spacial score (nSPS) is 17.2. The molecule has 2 aromatic rings. The minimum absolute atomic E-state index is 0.704. The van der Waals surface area contributed by atoms with Crippen LogP contribution in [0.25, 0.3) is 10.6 Å². The lowest BCUT2D eigenvalue weighted by atomic mass is 9.97. The van der Waals surface area contributed by atoms with Gasteiger partial charge in [-0.05, 0) is 44.5 Å². The van der Waals surface area contributed by atoms with Crippen LogP contribution < -0.4 is 5.73 Å². The summed E-state index contributed by atoms with van der Waals surface area (Å²) in [7, 11) is 0. The Bertz CT molecular complexity index is 591. The van der Waals surface area contributed by atoms with E-state index in [9.17, 15) is 0 Å². The lowest BCUT2D eigenvalue weighted by Gasteiger charge is -2.30. The lowest BCUT2D eigenvalue weighted by molar-refractivity contribution is 0.179. The van der Waals surface area contributed by atoms with Gasteiger partial charge in [0.05, 0.1) is 10.7 Å². The fourth-order valence-corrected chi connectivity index (χ4v) is 3.88. The Kier molecular flexibility index (Phi) is 4.91. The van der Waals surface area contributed by atoms with Crippen molar-refractivity contribution in [1.82, 2.24) is 9.88 Å². The van der Waals surface area contributed by atoms with Crippen LogP contribution in [-0.2, 0) is 6.54 Å². The molecule has 21 heavy (non-hydrogen) atoms. The van der Waals surface area contributed by atoms with Crippen LogP contribution in [0.15, 0.2) is 29.6 Å². The number of piperidine rings is 1. The Morgan fingerprint density at radius 1 is 1.29 bits per heavy atom. The summed E-state index contributed by atoms with van der Waals surface area (Å²) in [5.74, 6) is 0.704. The summed E-state index contributed by atoms with van der Waals surface area (Å²) in [5, 5.41) is 3.92. The third-order valence-corrected chi connectivity index (χ3v) is 5.34. The van der Waals surface area contributed by atoms with Crippen molar-refractivity contribution < 1.29 is 0 Å². The first-order valence-corrected chi connectivity index (χ1v) is 8.63. The van der Waals surface area contributed by atoms with Crippen molar-refractivity contribution in [3.8, 4) is 10.6 Å². The number of thiazole rings is 1. The molecule has 1 aliphatic rings. The van der Waals surface area contributed by atoms with Gasteiger partial charge in [0.25, 0.3) is 0 Å². The fourth-order valence-electron chi connectivity index (χ4n) is 2.75. The van der Waals surface area contributed by atoms with Crippen LogP contribution in [0.3, 0.4) is 0 Å². The summed E-state index contributed by atoms with van der Waals surface area (Å²) >= 11 is 7.90. The molecule has 5 heteroatoms. The Labute approximate surface area is 134 Å². The van der Waals surface area contributed by atoms with Gasteiger partial charge in [-0.2, -0.15) is 0 Å². The molecule has 0 bridgehead atoms. The Balaban J connectivity index is 1.65. The van der Waals surface area contributed by atoms with Crippen LogP contribution in [0.5, 0.6) is 0 Å². The third-order valence-electron chi connectivity index (χ3n) is 4.08. The summed E-state index contributed by atoms with van der Waals surface area (Å²) in [4.78, 5) is 7.21. The first-order valence-electron chi connectivity index (χ1n) is 7.38. The number of nitrogens with zero attached hydrogens (tertiary/aromatic N) is 2. The number of nitrogens with two attached hydrogens (primary N) is 1. The molecule has 1 saturated heterocycles. The van der Waals surface area contributed by atoms with Crippen LogP contribution in [-0.4, -0.2) is 29.5 Å². The number of benzene rings is 1. The maximum absolute atomic E-state index is 6.24. The van der Waals surface area contributed by atoms with Gasteiger partial charge < -0.3 is 5.73 Å². The summed E-state index contributed by atoms with van der Waals surface area (Å²) in [5.41, 5.74) is 7.91. The molecule has 2 heterocycles. The summed E-state index contributed by atoms with van der Waals surface area (Å²) in [6, 6.07) is 7.88. The van der Waals surface area contributed by atoms with E-state index < -0.39 is 0 Å². The van der Waals surface area contributed by atoms with E-state index in [0.29, 0.717) is 5.92 Å². The average Bonchev–Trinajstić information content (AvgIpc) is 2.97. The highest BCUT2D eigenvalue weighted by Gasteiger charge is 2.19. The van der Waals surface area contributed by atoms with E-state index in [1.807, 2.05) is 24.3 Å². The summed E-state index contributed by atoms with van der Waals surface area (Å²) < 4.78 is 0.